The van der Waals surface area contributed by atoms with E-state index in [9.17, 15) is 4.79 Å². The van der Waals surface area contributed by atoms with Gasteiger partial charge in [0.2, 0.25) is 5.91 Å². The monoisotopic (exact) mass is 200 g/mol. The van der Waals surface area contributed by atoms with Crippen LogP contribution >= 0.6 is 0 Å². The molecule has 3 heteroatoms. The SMILES string of the molecule is CCN(CC)CCCC(=O)N(C)CC. The molecule has 84 valence electrons. The number of carbonyl (C=O) groups excluding carboxylic acids is 1. The molecule has 0 aromatic heterocycles. The third-order valence-electron chi connectivity index (χ3n) is 2.66. The summed E-state index contributed by atoms with van der Waals surface area (Å²) in [4.78, 5) is 15.6. The topological polar surface area (TPSA) is 23.6 Å². The summed E-state index contributed by atoms with van der Waals surface area (Å²) in [6, 6.07) is 0. The second-order valence-corrected chi connectivity index (χ2v) is 3.54. The maximum Gasteiger partial charge on any atom is 0.222 e. The van der Waals surface area contributed by atoms with Gasteiger partial charge in [-0.1, -0.05) is 13.8 Å². The Labute approximate surface area is 88.1 Å². The maximum absolute atomic E-state index is 11.4. The molecular weight excluding hydrogens is 176 g/mol. The van der Waals surface area contributed by atoms with Gasteiger partial charge in [-0.2, -0.15) is 0 Å². The van der Waals surface area contributed by atoms with Crippen molar-refractivity contribution in [2.24, 2.45) is 0 Å². The van der Waals surface area contributed by atoms with Gasteiger partial charge in [-0.3, -0.25) is 4.79 Å². The fourth-order valence-electron chi connectivity index (χ4n) is 1.36. The highest BCUT2D eigenvalue weighted by molar-refractivity contribution is 5.75. The Morgan fingerprint density at radius 1 is 1.07 bits per heavy atom. The number of carbonyl (C=O) groups is 1. The van der Waals surface area contributed by atoms with E-state index in [1.165, 1.54) is 0 Å². The predicted molar refractivity (Wildman–Crippen MR) is 60.3 cm³/mol. The molecule has 3 nitrogen and oxygen atoms in total. The lowest BCUT2D eigenvalue weighted by Gasteiger charge is -2.19. The number of hydrogen-bond acceptors (Lipinski definition) is 2. The molecule has 0 fully saturated rings. The molecule has 0 spiro atoms. The van der Waals surface area contributed by atoms with E-state index in [0.717, 1.165) is 32.6 Å². The van der Waals surface area contributed by atoms with Crippen molar-refractivity contribution in [2.75, 3.05) is 33.2 Å². The quantitative estimate of drug-likeness (QED) is 0.623. The van der Waals surface area contributed by atoms with Crippen LogP contribution in [0.2, 0.25) is 0 Å². The zero-order valence-electron chi connectivity index (χ0n) is 10.0. The minimum atomic E-state index is 0.264. The van der Waals surface area contributed by atoms with Crippen LogP contribution in [0.4, 0.5) is 0 Å². The Balaban J connectivity index is 3.57. The molecule has 0 N–H and O–H groups in total. The molecule has 0 aliphatic heterocycles. The second kappa shape index (κ2) is 7.80. The molecule has 0 aliphatic rings. The summed E-state index contributed by atoms with van der Waals surface area (Å²) < 4.78 is 0. The lowest BCUT2D eigenvalue weighted by atomic mass is 10.2. The third-order valence-corrected chi connectivity index (χ3v) is 2.66. The van der Waals surface area contributed by atoms with E-state index in [-0.39, 0.29) is 5.91 Å². The van der Waals surface area contributed by atoms with E-state index in [1.54, 1.807) is 4.90 Å². The van der Waals surface area contributed by atoms with Crippen LogP contribution in [0, 0.1) is 0 Å². The fourth-order valence-corrected chi connectivity index (χ4v) is 1.36. The Hall–Kier alpha value is -0.570. The highest BCUT2D eigenvalue weighted by Crippen LogP contribution is 1.98. The molecule has 0 aromatic carbocycles. The standard InChI is InChI=1S/C11H24N2O/c1-5-12(4)11(14)9-8-10-13(6-2)7-3/h5-10H2,1-4H3. The number of rotatable bonds is 7. The average molecular weight is 200 g/mol. The summed E-state index contributed by atoms with van der Waals surface area (Å²) in [7, 11) is 1.86. The minimum absolute atomic E-state index is 0.264. The molecule has 0 heterocycles. The summed E-state index contributed by atoms with van der Waals surface area (Å²) in [5.41, 5.74) is 0. The van der Waals surface area contributed by atoms with Crippen LogP contribution in [0.3, 0.4) is 0 Å². The first-order valence-corrected chi connectivity index (χ1v) is 5.61. The Morgan fingerprint density at radius 2 is 1.64 bits per heavy atom. The minimum Gasteiger partial charge on any atom is -0.346 e. The summed E-state index contributed by atoms with van der Waals surface area (Å²) in [5, 5.41) is 0. The van der Waals surface area contributed by atoms with E-state index >= 15 is 0 Å². The molecule has 0 radical (unpaired) electrons. The van der Waals surface area contributed by atoms with Crippen molar-refractivity contribution in [2.45, 2.75) is 33.6 Å². The zero-order valence-corrected chi connectivity index (χ0v) is 10.0. The van der Waals surface area contributed by atoms with Crippen molar-refractivity contribution in [3.05, 3.63) is 0 Å². The Bertz CT molecular complexity index is 155. The van der Waals surface area contributed by atoms with Gasteiger partial charge in [-0.15, -0.1) is 0 Å². The molecule has 0 atom stereocenters. The smallest absolute Gasteiger partial charge is 0.222 e. The molecule has 0 aromatic rings. The molecular formula is C11H24N2O. The van der Waals surface area contributed by atoms with Gasteiger partial charge in [0, 0.05) is 20.0 Å². The van der Waals surface area contributed by atoms with E-state index in [4.69, 9.17) is 0 Å². The van der Waals surface area contributed by atoms with Gasteiger partial charge in [-0.25, -0.2) is 0 Å². The van der Waals surface area contributed by atoms with Crippen molar-refractivity contribution in [1.29, 1.82) is 0 Å². The summed E-state index contributed by atoms with van der Waals surface area (Å²) in [6.07, 6.45) is 1.66. The molecule has 1 amide bonds. The van der Waals surface area contributed by atoms with Gasteiger partial charge < -0.3 is 9.80 Å². The number of hydrogen-bond donors (Lipinski definition) is 0. The van der Waals surface area contributed by atoms with Crippen molar-refractivity contribution < 1.29 is 4.79 Å². The first-order chi connectivity index (χ1) is 6.65. The van der Waals surface area contributed by atoms with Crippen LogP contribution in [-0.2, 0) is 4.79 Å². The van der Waals surface area contributed by atoms with Crippen molar-refractivity contribution in [3.8, 4) is 0 Å². The largest absolute Gasteiger partial charge is 0.346 e. The van der Waals surface area contributed by atoms with Gasteiger partial charge in [0.15, 0.2) is 0 Å². The maximum atomic E-state index is 11.4. The van der Waals surface area contributed by atoms with Gasteiger partial charge >= 0.3 is 0 Å². The average Bonchev–Trinajstić information content (AvgIpc) is 2.22. The van der Waals surface area contributed by atoms with Crippen LogP contribution in [0.25, 0.3) is 0 Å². The molecule has 14 heavy (non-hydrogen) atoms. The zero-order chi connectivity index (χ0) is 11.0. The van der Waals surface area contributed by atoms with Crippen LogP contribution in [0.5, 0.6) is 0 Å². The summed E-state index contributed by atoms with van der Waals surface area (Å²) in [6.45, 7) is 10.3. The van der Waals surface area contributed by atoms with Gasteiger partial charge in [-0.05, 0) is 33.0 Å². The van der Waals surface area contributed by atoms with Crippen molar-refractivity contribution in [3.63, 3.8) is 0 Å². The highest BCUT2D eigenvalue weighted by Gasteiger charge is 2.06. The lowest BCUT2D eigenvalue weighted by molar-refractivity contribution is -0.129. The highest BCUT2D eigenvalue weighted by atomic mass is 16.2. The summed E-state index contributed by atoms with van der Waals surface area (Å²) >= 11 is 0. The molecule has 0 bridgehead atoms. The van der Waals surface area contributed by atoms with E-state index in [0.29, 0.717) is 6.42 Å². The Morgan fingerprint density at radius 3 is 2.07 bits per heavy atom. The van der Waals surface area contributed by atoms with Gasteiger partial charge in [0.25, 0.3) is 0 Å². The first-order valence-electron chi connectivity index (χ1n) is 5.61. The fraction of sp³-hybridized carbons (Fsp3) is 0.909. The Kier molecular flexibility index (Phi) is 7.48. The lowest BCUT2D eigenvalue weighted by Crippen LogP contribution is -2.28. The van der Waals surface area contributed by atoms with Crippen LogP contribution in [0.15, 0.2) is 0 Å². The van der Waals surface area contributed by atoms with Crippen LogP contribution < -0.4 is 0 Å². The molecule has 0 aliphatic carbocycles. The van der Waals surface area contributed by atoms with E-state index in [1.807, 2.05) is 14.0 Å². The van der Waals surface area contributed by atoms with Crippen LogP contribution in [-0.4, -0.2) is 48.9 Å². The molecule has 0 saturated carbocycles. The predicted octanol–water partition coefficient (Wildman–Crippen LogP) is 1.59. The van der Waals surface area contributed by atoms with E-state index in [2.05, 4.69) is 18.7 Å². The van der Waals surface area contributed by atoms with Crippen molar-refractivity contribution >= 4 is 5.91 Å². The first kappa shape index (κ1) is 13.4. The van der Waals surface area contributed by atoms with Crippen molar-refractivity contribution in [1.82, 2.24) is 9.80 Å². The van der Waals surface area contributed by atoms with Gasteiger partial charge in [0.1, 0.15) is 0 Å². The molecule has 0 rings (SSSR count). The normalized spacial score (nSPS) is 10.6. The third kappa shape index (κ3) is 5.22. The number of nitrogens with zero attached hydrogens (tertiary/aromatic N) is 2. The molecule has 0 unspecified atom stereocenters. The van der Waals surface area contributed by atoms with Crippen LogP contribution in [0.1, 0.15) is 33.6 Å². The number of amides is 1. The molecule has 0 saturated heterocycles. The summed E-state index contributed by atoms with van der Waals surface area (Å²) in [5.74, 6) is 0.264. The van der Waals surface area contributed by atoms with Gasteiger partial charge in [0.05, 0.1) is 0 Å². The van der Waals surface area contributed by atoms with E-state index < -0.39 is 0 Å². The second-order valence-electron chi connectivity index (χ2n) is 3.54.